The second-order valence-electron chi connectivity index (χ2n) is 5.03. The molecule has 0 aliphatic carbocycles. The molecule has 0 aromatic rings. The molecule has 1 saturated heterocycles. The second-order valence-corrected chi connectivity index (χ2v) is 5.03. The monoisotopic (exact) mass is 264 g/mol. The lowest BCUT2D eigenvalue weighted by Crippen LogP contribution is -2.48. The van der Waals surface area contributed by atoms with Gasteiger partial charge in [-0.05, 0) is 31.7 Å². The zero-order valence-electron chi connectivity index (χ0n) is 10.7. The van der Waals surface area contributed by atoms with Gasteiger partial charge in [-0.25, -0.2) is 0 Å². The minimum atomic E-state index is -0.424. The highest BCUT2D eigenvalue weighted by Gasteiger charge is 2.20. The summed E-state index contributed by atoms with van der Waals surface area (Å²) in [4.78, 5) is 11.7. The number of carbonyl (C=O) groups excluding carboxylic acids is 1. The van der Waals surface area contributed by atoms with Crippen LogP contribution in [-0.2, 0) is 4.79 Å². The van der Waals surface area contributed by atoms with Gasteiger partial charge in [-0.1, -0.05) is 20.3 Å². The van der Waals surface area contributed by atoms with E-state index in [2.05, 4.69) is 24.5 Å². The number of aliphatic hydroxyl groups is 1. The van der Waals surface area contributed by atoms with E-state index in [-0.39, 0.29) is 24.4 Å². The molecule has 1 aliphatic rings. The summed E-state index contributed by atoms with van der Waals surface area (Å²) < 4.78 is 0. The molecule has 4 nitrogen and oxygen atoms in total. The predicted molar refractivity (Wildman–Crippen MR) is 71.4 cm³/mol. The Kier molecular flexibility index (Phi) is 8.56. The fourth-order valence-electron chi connectivity index (χ4n) is 2.04. The molecule has 0 bridgehead atoms. The summed E-state index contributed by atoms with van der Waals surface area (Å²) in [6, 6.07) is -0.0556. The summed E-state index contributed by atoms with van der Waals surface area (Å²) in [5.41, 5.74) is 0. The van der Waals surface area contributed by atoms with Crippen LogP contribution in [-0.4, -0.2) is 36.2 Å². The first-order valence-electron chi connectivity index (χ1n) is 6.28. The maximum absolute atomic E-state index is 11.7. The van der Waals surface area contributed by atoms with Crippen molar-refractivity contribution >= 4 is 18.3 Å². The molecule has 3 N–H and O–H groups in total. The first-order valence-corrected chi connectivity index (χ1v) is 6.28. The summed E-state index contributed by atoms with van der Waals surface area (Å²) in [6.07, 6.45) is 3.48. The Balaban J connectivity index is 0.00000256. The van der Waals surface area contributed by atoms with Crippen molar-refractivity contribution in [2.24, 2.45) is 5.92 Å². The molecule has 0 aromatic heterocycles. The van der Waals surface area contributed by atoms with Gasteiger partial charge in [-0.3, -0.25) is 4.79 Å². The zero-order valence-corrected chi connectivity index (χ0v) is 11.6. The van der Waals surface area contributed by atoms with Crippen LogP contribution in [0.5, 0.6) is 0 Å². The molecule has 0 spiro atoms. The highest BCUT2D eigenvalue weighted by Crippen LogP contribution is 2.07. The van der Waals surface area contributed by atoms with Crippen LogP contribution in [0.2, 0.25) is 0 Å². The fraction of sp³-hybridized carbons (Fsp3) is 0.917. The molecule has 1 fully saturated rings. The Bertz CT molecular complexity index is 219. The van der Waals surface area contributed by atoms with E-state index >= 15 is 0 Å². The van der Waals surface area contributed by atoms with Gasteiger partial charge in [0, 0.05) is 6.54 Å². The summed E-state index contributed by atoms with van der Waals surface area (Å²) in [7, 11) is 0. The molecule has 2 atom stereocenters. The first kappa shape index (κ1) is 16.7. The van der Waals surface area contributed by atoms with Gasteiger partial charge in [0.1, 0.15) is 0 Å². The number of rotatable bonds is 5. The molecule has 102 valence electrons. The van der Waals surface area contributed by atoms with Gasteiger partial charge >= 0.3 is 0 Å². The molecule has 17 heavy (non-hydrogen) atoms. The van der Waals surface area contributed by atoms with E-state index in [0.717, 1.165) is 32.2 Å². The number of hydrogen-bond donors (Lipinski definition) is 3. The summed E-state index contributed by atoms with van der Waals surface area (Å²) in [5.74, 6) is 0.488. The number of halogens is 1. The van der Waals surface area contributed by atoms with Crippen molar-refractivity contribution in [3.05, 3.63) is 0 Å². The minimum Gasteiger partial charge on any atom is -0.391 e. The molecule has 1 rings (SSSR count). The highest BCUT2D eigenvalue weighted by atomic mass is 35.5. The largest absolute Gasteiger partial charge is 0.391 e. The molecular weight excluding hydrogens is 240 g/mol. The Labute approximate surface area is 110 Å². The Morgan fingerprint density at radius 2 is 2.18 bits per heavy atom. The minimum absolute atomic E-state index is 0. The van der Waals surface area contributed by atoms with Crippen LogP contribution in [0.4, 0.5) is 0 Å². The lowest BCUT2D eigenvalue weighted by molar-refractivity contribution is -0.124. The lowest BCUT2D eigenvalue weighted by atomic mass is 10.0. The Morgan fingerprint density at radius 1 is 1.47 bits per heavy atom. The van der Waals surface area contributed by atoms with Gasteiger partial charge in [0.05, 0.1) is 12.1 Å². The standard InChI is InChI=1S/C12H24N2O2.ClH/c1-9(2)7-10(15)8-14-12(16)11-5-3-4-6-13-11;/h9-11,13,15H,3-8H2,1-2H3,(H,14,16);1H. The van der Waals surface area contributed by atoms with Gasteiger partial charge in [0.15, 0.2) is 0 Å². The average Bonchev–Trinajstić information content (AvgIpc) is 2.26. The van der Waals surface area contributed by atoms with Gasteiger partial charge < -0.3 is 15.7 Å². The van der Waals surface area contributed by atoms with Crippen LogP contribution in [0.25, 0.3) is 0 Å². The van der Waals surface area contributed by atoms with E-state index < -0.39 is 6.10 Å². The number of piperidine rings is 1. The molecule has 2 unspecified atom stereocenters. The van der Waals surface area contributed by atoms with Crippen LogP contribution in [0, 0.1) is 5.92 Å². The molecule has 0 saturated carbocycles. The van der Waals surface area contributed by atoms with E-state index in [1.54, 1.807) is 0 Å². The van der Waals surface area contributed by atoms with Crippen LogP contribution in [0.1, 0.15) is 39.5 Å². The summed E-state index contributed by atoms with van der Waals surface area (Å²) in [6.45, 7) is 5.42. The van der Waals surface area contributed by atoms with Gasteiger partial charge in [-0.15, -0.1) is 12.4 Å². The summed E-state index contributed by atoms with van der Waals surface area (Å²) in [5, 5.41) is 15.6. The molecule has 0 radical (unpaired) electrons. The Hall–Kier alpha value is -0.320. The van der Waals surface area contributed by atoms with Crippen LogP contribution in [0.15, 0.2) is 0 Å². The van der Waals surface area contributed by atoms with Gasteiger partial charge in [0.25, 0.3) is 0 Å². The van der Waals surface area contributed by atoms with E-state index in [9.17, 15) is 9.90 Å². The second kappa shape index (κ2) is 8.72. The number of hydrogen-bond acceptors (Lipinski definition) is 3. The number of aliphatic hydroxyl groups excluding tert-OH is 1. The van der Waals surface area contributed by atoms with E-state index in [0.29, 0.717) is 12.5 Å². The average molecular weight is 265 g/mol. The van der Waals surface area contributed by atoms with E-state index in [4.69, 9.17) is 0 Å². The van der Waals surface area contributed by atoms with Crippen molar-refractivity contribution in [1.29, 1.82) is 0 Å². The normalized spacial score (nSPS) is 21.8. The molecule has 5 heteroatoms. The number of nitrogens with one attached hydrogen (secondary N) is 2. The van der Waals surface area contributed by atoms with E-state index in [1.807, 2.05) is 0 Å². The van der Waals surface area contributed by atoms with Crippen molar-refractivity contribution in [2.75, 3.05) is 13.1 Å². The maximum Gasteiger partial charge on any atom is 0.237 e. The molecule has 1 aliphatic heterocycles. The van der Waals surface area contributed by atoms with E-state index in [1.165, 1.54) is 0 Å². The zero-order chi connectivity index (χ0) is 12.0. The van der Waals surface area contributed by atoms with Gasteiger partial charge in [0.2, 0.25) is 5.91 Å². The molecular formula is C12H25ClN2O2. The first-order chi connectivity index (χ1) is 7.59. The number of carbonyl (C=O) groups is 1. The highest BCUT2D eigenvalue weighted by molar-refractivity contribution is 5.85. The lowest BCUT2D eigenvalue weighted by Gasteiger charge is -2.23. The van der Waals surface area contributed by atoms with Gasteiger partial charge in [-0.2, -0.15) is 0 Å². The number of amides is 1. The fourth-order valence-corrected chi connectivity index (χ4v) is 2.04. The summed E-state index contributed by atoms with van der Waals surface area (Å²) >= 11 is 0. The van der Waals surface area contributed by atoms with Crippen molar-refractivity contribution in [1.82, 2.24) is 10.6 Å². The van der Waals surface area contributed by atoms with Crippen molar-refractivity contribution in [3.8, 4) is 0 Å². The Morgan fingerprint density at radius 3 is 2.71 bits per heavy atom. The molecule has 1 amide bonds. The third-order valence-electron chi connectivity index (χ3n) is 2.88. The smallest absolute Gasteiger partial charge is 0.237 e. The van der Waals surface area contributed by atoms with Crippen LogP contribution < -0.4 is 10.6 Å². The predicted octanol–water partition coefficient (Wildman–Crippen LogP) is 1.07. The van der Waals surface area contributed by atoms with Crippen molar-refractivity contribution < 1.29 is 9.90 Å². The van der Waals surface area contributed by atoms with Crippen molar-refractivity contribution in [2.45, 2.75) is 51.7 Å². The third-order valence-corrected chi connectivity index (χ3v) is 2.88. The maximum atomic E-state index is 11.7. The third kappa shape index (κ3) is 6.86. The quantitative estimate of drug-likeness (QED) is 0.696. The van der Waals surface area contributed by atoms with Crippen molar-refractivity contribution in [3.63, 3.8) is 0 Å². The van der Waals surface area contributed by atoms with Crippen LogP contribution >= 0.6 is 12.4 Å². The molecule has 1 heterocycles. The molecule has 0 aromatic carbocycles. The SMILES string of the molecule is CC(C)CC(O)CNC(=O)C1CCCCN1.Cl. The van der Waals surface area contributed by atoms with Crippen LogP contribution in [0.3, 0.4) is 0 Å². The topological polar surface area (TPSA) is 61.4 Å².